The van der Waals surface area contributed by atoms with Crippen LogP contribution in [0.4, 0.5) is 5.95 Å². The summed E-state index contributed by atoms with van der Waals surface area (Å²) in [5.41, 5.74) is 1.49. The molecule has 0 saturated carbocycles. The van der Waals surface area contributed by atoms with Gasteiger partial charge in [0.05, 0.1) is 6.04 Å². The van der Waals surface area contributed by atoms with Crippen LogP contribution in [0.1, 0.15) is 42.9 Å². The Kier molecular flexibility index (Phi) is 6.69. The molecule has 6 heteroatoms. The Morgan fingerprint density at radius 1 is 1.08 bits per heavy atom. The minimum absolute atomic E-state index is 0.0553. The van der Waals surface area contributed by atoms with Gasteiger partial charge in [-0.05, 0) is 18.6 Å². The molecule has 0 bridgehead atoms. The molecule has 0 unspecified atom stereocenters. The molecular formula is C18H25N5O. The van der Waals surface area contributed by atoms with Gasteiger partial charge in [-0.2, -0.15) is 0 Å². The van der Waals surface area contributed by atoms with E-state index >= 15 is 0 Å². The first-order chi connectivity index (χ1) is 11.6. The van der Waals surface area contributed by atoms with E-state index in [1.807, 2.05) is 37.3 Å². The van der Waals surface area contributed by atoms with Crippen molar-refractivity contribution < 1.29 is 4.79 Å². The number of benzene rings is 1. The fourth-order valence-corrected chi connectivity index (χ4v) is 2.20. The highest BCUT2D eigenvalue weighted by atomic mass is 16.1. The second-order valence-corrected chi connectivity index (χ2v) is 5.91. The van der Waals surface area contributed by atoms with Gasteiger partial charge in [-0.15, -0.1) is 0 Å². The van der Waals surface area contributed by atoms with Gasteiger partial charge in [-0.1, -0.05) is 44.2 Å². The molecule has 0 fully saturated rings. The largest absolute Gasteiger partial charge is 0.349 e. The van der Waals surface area contributed by atoms with E-state index in [-0.39, 0.29) is 11.9 Å². The maximum Gasteiger partial charge on any atom is 0.270 e. The molecule has 1 aromatic carbocycles. The lowest BCUT2D eigenvalue weighted by Crippen LogP contribution is -2.35. The van der Waals surface area contributed by atoms with Crippen LogP contribution in [0.15, 0.2) is 42.6 Å². The molecule has 1 heterocycles. The topological polar surface area (TPSA) is 78.9 Å². The van der Waals surface area contributed by atoms with Crippen molar-refractivity contribution in [2.45, 2.75) is 32.9 Å². The summed E-state index contributed by atoms with van der Waals surface area (Å²) in [5, 5.41) is 9.32. The van der Waals surface area contributed by atoms with E-state index in [1.165, 1.54) is 0 Å². The van der Waals surface area contributed by atoms with Crippen molar-refractivity contribution in [2.75, 3.05) is 18.4 Å². The molecule has 3 N–H and O–H groups in total. The number of aromatic nitrogens is 2. The lowest BCUT2D eigenvalue weighted by Gasteiger charge is -2.14. The maximum atomic E-state index is 12.1. The minimum Gasteiger partial charge on any atom is -0.349 e. The fourth-order valence-electron chi connectivity index (χ4n) is 2.20. The summed E-state index contributed by atoms with van der Waals surface area (Å²) in [6.45, 7) is 7.45. The lowest BCUT2D eigenvalue weighted by molar-refractivity contribution is 0.0948. The first kappa shape index (κ1) is 17.9. The normalized spacial score (nSPS) is 12.0. The van der Waals surface area contributed by atoms with Gasteiger partial charge in [0.25, 0.3) is 5.91 Å². The molecule has 0 aliphatic rings. The molecule has 128 valence electrons. The Morgan fingerprint density at radius 2 is 1.83 bits per heavy atom. The number of carbonyl (C=O) groups excluding carboxylic acids is 1. The number of amides is 1. The summed E-state index contributed by atoms with van der Waals surface area (Å²) in [6, 6.07) is 12.1. The summed E-state index contributed by atoms with van der Waals surface area (Å²) in [4.78, 5) is 20.6. The number of anilines is 1. The average molecular weight is 327 g/mol. The maximum absolute atomic E-state index is 12.1. The van der Waals surface area contributed by atoms with E-state index < -0.39 is 0 Å². The van der Waals surface area contributed by atoms with Crippen LogP contribution in [0.5, 0.6) is 0 Å². The van der Waals surface area contributed by atoms with Crippen molar-refractivity contribution in [1.29, 1.82) is 0 Å². The monoisotopic (exact) mass is 327 g/mol. The van der Waals surface area contributed by atoms with Gasteiger partial charge in [-0.25, -0.2) is 9.97 Å². The molecule has 0 radical (unpaired) electrons. The van der Waals surface area contributed by atoms with Gasteiger partial charge in [0, 0.05) is 25.3 Å². The van der Waals surface area contributed by atoms with Crippen LogP contribution < -0.4 is 16.0 Å². The molecule has 2 aromatic rings. The van der Waals surface area contributed by atoms with Crippen molar-refractivity contribution in [3.8, 4) is 0 Å². The van der Waals surface area contributed by atoms with Crippen molar-refractivity contribution >= 4 is 11.9 Å². The summed E-state index contributed by atoms with van der Waals surface area (Å²) < 4.78 is 0. The number of carbonyl (C=O) groups is 1. The van der Waals surface area contributed by atoms with Crippen molar-refractivity contribution in [3.63, 3.8) is 0 Å². The van der Waals surface area contributed by atoms with Gasteiger partial charge < -0.3 is 16.0 Å². The highest BCUT2D eigenvalue weighted by Gasteiger charge is 2.10. The molecule has 0 aliphatic carbocycles. The van der Waals surface area contributed by atoms with Gasteiger partial charge in [0.1, 0.15) is 5.69 Å². The molecule has 6 nitrogen and oxygen atoms in total. The fraction of sp³-hybridized carbons (Fsp3) is 0.389. The second kappa shape index (κ2) is 8.98. The minimum atomic E-state index is -0.196. The van der Waals surface area contributed by atoms with Crippen LogP contribution in [-0.4, -0.2) is 35.0 Å². The Balaban J connectivity index is 1.92. The summed E-state index contributed by atoms with van der Waals surface area (Å²) >= 11 is 0. The zero-order valence-corrected chi connectivity index (χ0v) is 14.4. The Labute approximate surface area is 143 Å². The predicted octanol–water partition coefficient (Wildman–Crippen LogP) is 2.38. The van der Waals surface area contributed by atoms with E-state index in [9.17, 15) is 4.79 Å². The summed E-state index contributed by atoms with van der Waals surface area (Å²) in [6.07, 6.45) is 1.59. The number of hydrogen-bond acceptors (Lipinski definition) is 5. The highest BCUT2D eigenvalue weighted by Crippen LogP contribution is 2.16. The first-order valence-electron chi connectivity index (χ1n) is 8.22. The highest BCUT2D eigenvalue weighted by molar-refractivity contribution is 5.92. The Bertz CT molecular complexity index is 645. The van der Waals surface area contributed by atoms with E-state index in [2.05, 4.69) is 39.8 Å². The van der Waals surface area contributed by atoms with E-state index in [1.54, 1.807) is 12.3 Å². The standard InChI is InChI=1S/C18H25N5O/c1-13(2)19-11-12-20-17(24)16-9-10-21-18(23-16)22-14(3)15-7-5-4-6-8-15/h4-10,13-14,19H,11-12H2,1-3H3,(H,20,24)(H,21,22,23)/t14-/m0/s1. The van der Waals surface area contributed by atoms with Gasteiger partial charge >= 0.3 is 0 Å². The summed E-state index contributed by atoms with van der Waals surface area (Å²) in [7, 11) is 0. The smallest absolute Gasteiger partial charge is 0.270 e. The third-order valence-corrected chi connectivity index (χ3v) is 3.50. The van der Waals surface area contributed by atoms with E-state index in [0.29, 0.717) is 24.2 Å². The van der Waals surface area contributed by atoms with Crippen LogP contribution in [0, 0.1) is 0 Å². The first-order valence-corrected chi connectivity index (χ1v) is 8.22. The average Bonchev–Trinajstić information content (AvgIpc) is 2.59. The quantitative estimate of drug-likeness (QED) is 0.649. The third kappa shape index (κ3) is 5.62. The zero-order valence-electron chi connectivity index (χ0n) is 14.4. The van der Waals surface area contributed by atoms with Gasteiger partial charge in [-0.3, -0.25) is 4.79 Å². The SMILES string of the molecule is CC(C)NCCNC(=O)c1ccnc(N[C@@H](C)c2ccccc2)n1. The van der Waals surface area contributed by atoms with Crippen molar-refractivity contribution in [3.05, 3.63) is 53.9 Å². The van der Waals surface area contributed by atoms with Crippen molar-refractivity contribution in [2.24, 2.45) is 0 Å². The Hall–Kier alpha value is -2.47. The van der Waals surface area contributed by atoms with Crippen LogP contribution in [0.25, 0.3) is 0 Å². The predicted molar refractivity (Wildman–Crippen MR) is 96.0 cm³/mol. The van der Waals surface area contributed by atoms with E-state index in [4.69, 9.17) is 0 Å². The van der Waals surface area contributed by atoms with Gasteiger partial charge in [0.2, 0.25) is 5.95 Å². The molecule has 0 spiro atoms. The molecule has 1 atom stereocenters. The van der Waals surface area contributed by atoms with E-state index in [0.717, 1.165) is 12.1 Å². The lowest BCUT2D eigenvalue weighted by atomic mass is 10.1. The van der Waals surface area contributed by atoms with Crippen LogP contribution in [-0.2, 0) is 0 Å². The third-order valence-electron chi connectivity index (χ3n) is 3.50. The zero-order chi connectivity index (χ0) is 17.4. The number of nitrogens with one attached hydrogen (secondary N) is 3. The summed E-state index contributed by atoms with van der Waals surface area (Å²) in [5.74, 6) is 0.248. The van der Waals surface area contributed by atoms with Gasteiger partial charge in [0.15, 0.2) is 0 Å². The molecule has 2 rings (SSSR count). The van der Waals surface area contributed by atoms with Crippen molar-refractivity contribution in [1.82, 2.24) is 20.6 Å². The molecule has 24 heavy (non-hydrogen) atoms. The van der Waals surface area contributed by atoms with Crippen LogP contribution in [0.2, 0.25) is 0 Å². The van der Waals surface area contributed by atoms with Crippen LogP contribution >= 0.6 is 0 Å². The molecule has 0 saturated heterocycles. The van der Waals surface area contributed by atoms with Crippen LogP contribution in [0.3, 0.4) is 0 Å². The molecule has 1 amide bonds. The molecule has 1 aromatic heterocycles. The second-order valence-electron chi connectivity index (χ2n) is 5.91. The Morgan fingerprint density at radius 3 is 2.54 bits per heavy atom. The molecule has 0 aliphatic heterocycles. The number of rotatable bonds is 8. The molecular weight excluding hydrogens is 302 g/mol. The number of hydrogen-bond donors (Lipinski definition) is 3. The number of nitrogens with zero attached hydrogens (tertiary/aromatic N) is 2.